The summed E-state index contributed by atoms with van der Waals surface area (Å²) in [5, 5.41) is 2.17. The normalized spacial score (nSPS) is 10.7. The Labute approximate surface area is 350 Å². The molecule has 0 aliphatic heterocycles. The predicted octanol–water partition coefficient (Wildman–Crippen LogP) is 11.7. The number of H-pyrrole nitrogens is 2. The highest BCUT2D eigenvalue weighted by Crippen LogP contribution is 2.32. The Bertz CT molecular complexity index is 2620. The van der Waals surface area contributed by atoms with Crippen LogP contribution in [-0.4, -0.2) is 47.0 Å². The number of hydrogen-bond donors (Lipinski definition) is 2. The second-order valence-electron chi connectivity index (χ2n) is 14.2. The molecule has 0 spiro atoms. The van der Waals surface area contributed by atoms with Gasteiger partial charge in [-0.2, -0.15) is 0 Å². The van der Waals surface area contributed by atoms with Gasteiger partial charge in [-0.25, -0.2) is 9.98 Å². The van der Waals surface area contributed by atoms with E-state index < -0.39 is 0 Å². The van der Waals surface area contributed by atoms with Gasteiger partial charge in [0, 0.05) is 68.0 Å². The molecule has 0 aliphatic carbocycles. The van der Waals surface area contributed by atoms with Crippen molar-refractivity contribution in [1.29, 1.82) is 0 Å². The van der Waals surface area contributed by atoms with Gasteiger partial charge in [0.25, 0.3) is 0 Å². The number of carbonyl (C=O) groups excluding carboxylic acids is 2. The van der Waals surface area contributed by atoms with Crippen LogP contribution in [0.25, 0.3) is 21.8 Å². The zero-order valence-corrected chi connectivity index (χ0v) is 33.9. The molecule has 8 heteroatoms. The predicted molar refractivity (Wildman–Crippen MR) is 243 cm³/mol. The van der Waals surface area contributed by atoms with Gasteiger partial charge in [-0.1, -0.05) is 165 Å². The molecule has 2 aromatic heterocycles. The fourth-order valence-corrected chi connectivity index (χ4v) is 7.11. The minimum absolute atomic E-state index is 0.173. The number of para-hydroxylation sites is 2. The number of aromatic amines is 2. The van der Waals surface area contributed by atoms with Crippen molar-refractivity contribution in [3.05, 3.63) is 203 Å². The molecule has 60 heavy (non-hydrogen) atoms. The highest BCUT2D eigenvalue weighted by Gasteiger charge is 2.17. The number of benzene rings is 6. The summed E-state index contributed by atoms with van der Waals surface area (Å²) in [6.07, 6.45) is 2.60. The van der Waals surface area contributed by atoms with Crippen LogP contribution >= 0.6 is 0 Å². The van der Waals surface area contributed by atoms with Crippen LogP contribution in [0, 0.1) is 0 Å². The molecule has 0 radical (unpaired) electrons. The van der Waals surface area contributed by atoms with Gasteiger partial charge in [0.1, 0.15) is 11.6 Å². The molecule has 0 saturated heterocycles. The zero-order chi connectivity index (χ0) is 41.5. The van der Waals surface area contributed by atoms with Crippen molar-refractivity contribution in [2.45, 2.75) is 39.0 Å². The van der Waals surface area contributed by atoms with Crippen molar-refractivity contribution in [2.24, 2.45) is 9.98 Å². The first kappa shape index (κ1) is 40.9. The van der Waals surface area contributed by atoms with E-state index in [1.165, 1.54) is 7.11 Å². The van der Waals surface area contributed by atoms with E-state index in [9.17, 15) is 9.59 Å². The fraction of sp³-hybridized carbons (Fsp3) is 0.154. The van der Waals surface area contributed by atoms with Gasteiger partial charge in [-0.3, -0.25) is 9.59 Å². The minimum atomic E-state index is -0.225. The van der Waals surface area contributed by atoms with Crippen LogP contribution in [0.3, 0.4) is 0 Å². The summed E-state index contributed by atoms with van der Waals surface area (Å²) in [6.45, 7) is 2.46. The van der Waals surface area contributed by atoms with Crippen LogP contribution in [0.1, 0.15) is 59.6 Å². The van der Waals surface area contributed by atoms with Crippen LogP contribution < -0.4 is 0 Å². The van der Waals surface area contributed by atoms with Crippen molar-refractivity contribution in [3.8, 4) is 0 Å². The lowest BCUT2D eigenvalue weighted by Gasteiger charge is -2.08. The van der Waals surface area contributed by atoms with Gasteiger partial charge in [0.2, 0.25) is 0 Å². The fourth-order valence-electron chi connectivity index (χ4n) is 7.11. The molecule has 0 atom stereocenters. The van der Waals surface area contributed by atoms with Gasteiger partial charge in [-0.15, -0.1) is 0 Å². The van der Waals surface area contributed by atoms with E-state index in [4.69, 9.17) is 19.5 Å². The van der Waals surface area contributed by atoms with E-state index in [1.807, 2.05) is 116 Å². The first-order valence-electron chi connectivity index (χ1n) is 20.3. The van der Waals surface area contributed by atoms with Gasteiger partial charge in [0.15, 0.2) is 0 Å². The third-order valence-corrected chi connectivity index (χ3v) is 10.1. The Hall–Kier alpha value is -7.32. The number of ether oxygens (including phenoxy) is 2. The number of esters is 2. The summed E-state index contributed by atoms with van der Waals surface area (Å²) < 4.78 is 10.1. The quantitative estimate of drug-likeness (QED) is 0.0844. The smallest absolute Gasteiger partial charge is 0.306 e. The lowest BCUT2D eigenvalue weighted by Crippen LogP contribution is -2.06. The van der Waals surface area contributed by atoms with Crippen molar-refractivity contribution >= 4 is 56.8 Å². The van der Waals surface area contributed by atoms with Crippen LogP contribution in [0.2, 0.25) is 0 Å². The van der Waals surface area contributed by atoms with E-state index in [0.29, 0.717) is 32.3 Å². The summed E-state index contributed by atoms with van der Waals surface area (Å²) in [5.74, 6) is 1.16. The van der Waals surface area contributed by atoms with Crippen LogP contribution in [0.4, 0.5) is 11.6 Å². The molecule has 0 unspecified atom stereocenters. The molecule has 2 heterocycles. The highest BCUT2D eigenvalue weighted by atomic mass is 16.5. The maximum absolute atomic E-state index is 12.1. The third kappa shape index (κ3) is 10.2. The van der Waals surface area contributed by atoms with E-state index in [2.05, 4.69) is 70.6 Å². The second kappa shape index (κ2) is 20.4. The summed E-state index contributed by atoms with van der Waals surface area (Å²) >= 11 is 0. The molecule has 0 bridgehead atoms. The lowest BCUT2D eigenvalue weighted by molar-refractivity contribution is -0.143. The number of carbonyl (C=O) groups is 2. The van der Waals surface area contributed by atoms with Gasteiger partial charge >= 0.3 is 11.9 Å². The number of fused-ring (bicyclic) bond motifs is 2. The Kier molecular flexibility index (Phi) is 13.9. The number of aryl methyl sites for hydroxylation is 2. The largest absolute Gasteiger partial charge is 0.469 e. The second-order valence-corrected chi connectivity index (χ2v) is 14.2. The first-order chi connectivity index (χ1) is 29.5. The number of aliphatic imine (C=N–C) groups is 2. The van der Waals surface area contributed by atoms with Gasteiger partial charge in [0.05, 0.1) is 25.1 Å². The average molecular weight is 793 g/mol. The number of aromatic nitrogens is 2. The standard InChI is InChI=1S/C27H26N2O2.C25H22N2O2/c1-2-19-31-25(30)18-17-23-22-15-9-10-16-24(22)28-27(23)29-26(20-11-5-3-6-12-20)21-13-7-4-8-14-21;1-29-23(28)17-16-21-20-14-8-9-15-22(20)26-25(21)27-24(18-10-4-2-5-11-18)19-12-6-3-7-13-19/h3-16,28H,2,17-19H2,1H3;2-15,26H,16-17H2,1H3. The highest BCUT2D eigenvalue weighted by molar-refractivity contribution is 6.15. The Balaban J connectivity index is 0.000000182. The minimum Gasteiger partial charge on any atom is -0.469 e. The first-order valence-corrected chi connectivity index (χ1v) is 20.3. The molecule has 8 rings (SSSR count). The van der Waals surface area contributed by atoms with E-state index in [0.717, 1.165) is 84.7 Å². The van der Waals surface area contributed by atoms with E-state index in [1.54, 1.807) is 0 Å². The zero-order valence-electron chi connectivity index (χ0n) is 33.9. The Morgan fingerprint density at radius 2 is 0.833 bits per heavy atom. The van der Waals surface area contributed by atoms with Gasteiger partial charge < -0.3 is 19.4 Å². The molecule has 8 nitrogen and oxygen atoms in total. The monoisotopic (exact) mass is 792 g/mol. The van der Waals surface area contributed by atoms with Crippen LogP contribution in [0.5, 0.6) is 0 Å². The van der Waals surface area contributed by atoms with Crippen molar-refractivity contribution < 1.29 is 19.1 Å². The molecule has 0 fully saturated rings. The molecule has 8 aromatic rings. The summed E-state index contributed by atoms with van der Waals surface area (Å²) in [7, 11) is 1.42. The van der Waals surface area contributed by atoms with E-state index >= 15 is 0 Å². The Morgan fingerprint density at radius 3 is 1.20 bits per heavy atom. The molecule has 2 N–H and O–H groups in total. The topological polar surface area (TPSA) is 109 Å². The molecule has 0 saturated carbocycles. The lowest BCUT2D eigenvalue weighted by atomic mass is 10.0. The van der Waals surface area contributed by atoms with Crippen molar-refractivity contribution in [1.82, 2.24) is 9.97 Å². The molecule has 300 valence electrons. The molecule has 6 aromatic carbocycles. The third-order valence-electron chi connectivity index (χ3n) is 10.1. The molecule has 0 amide bonds. The van der Waals surface area contributed by atoms with Gasteiger partial charge in [-0.05, 0) is 31.4 Å². The Morgan fingerprint density at radius 1 is 0.483 bits per heavy atom. The number of hydrogen-bond acceptors (Lipinski definition) is 6. The summed E-state index contributed by atoms with van der Waals surface area (Å²) in [6, 6.07) is 56.8. The molecular formula is C52H48N4O4. The summed E-state index contributed by atoms with van der Waals surface area (Å²) in [5.41, 5.74) is 10.0. The molecule has 0 aliphatic rings. The van der Waals surface area contributed by atoms with Crippen molar-refractivity contribution in [3.63, 3.8) is 0 Å². The van der Waals surface area contributed by atoms with Crippen molar-refractivity contribution in [2.75, 3.05) is 13.7 Å². The number of rotatable bonds is 14. The number of nitrogens with zero attached hydrogens (tertiary/aromatic N) is 2. The van der Waals surface area contributed by atoms with Crippen LogP contribution in [-0.2, 0) is 31.9 Å². The maximum Gasteiger partial charge on any atom is 0.306 e. The van der Waals surface area contributed by atoms with Crippen LogP contribution in [0.15, 0.2) is 180 Å². The summed E-state index contributed by atoms with van der Waals surface area (Å²) in [4.78, 5) is 40.9. The SMILES string of the molecule is CCCOC(=O)CCc1c(N=C(c2ccccc2)c2ccccc2)[nH]c2ccccc12.COC(=O)CCc1c(N=C(c2ccccc2)c2ccccc2)[nH]c2ccccc12. The van der Waals surface area contributed by atoms with E-state index in [-0.39, 0.29) is 11.9 Å². The molecular weight excluding hydrogens is 745 g/mol. The number of nitrogens with one attached hydrogen (secondary N) is 2. The number of methoxy groups -OCH3 is 1. The maximum atomic E-state index is 12.1. The average Bonchev–Trinajstić information content (AvgIpc) is 3.85.